The van der Waals surface area contributed by atoms with Crippen molar-refractivity contribution in [1.29, 1.82) is 0 Å². The molecule has 0 spiro atoms. The minimum Gasteiger partial charge on any atom is -0.478 e. The van der Waals surface area contributed by atoms with Crippen molar-refractivity contribution in [3.05, 3.63) is 29.6 Å². The van der Waals surface area contributed by atoms with Crippen LogP contribution < -0.4 is 4.90 Å². The molecule has 2 rings (SSSR count). The summed E-state index contributed by atoms with van der Waals surface area (Å²) in [7, 11) is 0. The van der Waals surface area contributed by atoms with Gasteiger partial charge in [0.15, 0.2) is 0 Å². The smallest absolute Gasteiger partial charge is 0.338 e. The van der Waals surface area contributed by atoms with Crippen LogP contribution in [0.4, 0.5) is 10.1 Å². The average molecular weight is 252 g/mol. The fourth-order valence-corrected chi connectivity index (χ4v) is 2.20. The maximum Gasteiger partial charge on any atom is 0.338 e. The molecule has 1 N–H and O–H groups in total. The van der Waals surface area contributed by atoms with Gasteiger partial charge in [0.1, 0.15) is 5.82 Å². The molecule has 0 amide bonds. The van der Waals surface area contributed by atoms with Crippen molar-refractivity contribution in [2.24, 2.45) is 0 Å². The van der Waals surface area contributed by atoms with Gasteiger partial charge in [0, 0.05) is 31.9 Å². The van der Waals surface area contributed by atoms with Gasteiger partial charge in [-0.05, 0) is 24.7 Å². The number of nitrogens with zero attached hydrogens (tertiary/aromatic N) is 2. The van der Waals surface area contributed by atoms with E-state index in [0.717, 1.165) is 38.4 Å². The zero-order valence-electron chi connectivity index (χ0n) is 10.4. The van der Waals surface area contributed by atoms with Crippen LogP contribution in [0.2, 0.25) is 0 Å². The van der Waals surface area contributed by atoms with Gasteiger partial charge >= 0.3 is 5.97 Å². The number of halogens is 1. The Hall–Kier alpha value is -1.62. The summed E-state index contributed by atoms with van der Waals surface area (Å²) in [4.78, 5) is 15.1. The maximum absolute atomic E-state index is 13.6. The lowest BCUT2D eigenvalue weighted by molar-refractivity contribution is 0.0692. The van der Waals surface area contributed by atoms with Gasteiger partial charge in [-0.2, -0.15) is 0 Å². The third kappa shape index (κ3) is 2.61. The summed E-state index contributed by atoms with van der Waals surface area (Å²) < 4.78 is 13.6. The van der Waals surface area contributed by atoms with Crippen molar-refractivity contribution in [1.82, 2.24) is 4.90 Å². The van der Waals surface area contributed by atoms with Crippen LogP contribution in [-0.4, -0.2) is 48.7 Å². The largest absolute Gasteiger partial charge is 0.478 e. The van der Waals surface area contributed by atoms with Crippen molar-refractivity contribution < 1.29 is 14.3 Å². The molecule has 5 heteroatoms. The zero-order valence-corrected chi connectivity index (χ0v) is 10.4. The summed E-state index contributed by atoms with van der Waals surface area (Å²) >= 11 is 0. The first kappa shape index (κ1) is 12.8. The SMILES string of the molecule is CCN1CCN(c2ccc(C(=O)O)c(F)c2)CC1. The Morgan fingerprint density at radius 1 is 1.33 bits per heavy atom. The highest BCUT2D eigenvalue weighted by Gasteiger charge is 2.18. The lowest BCUT2D eigenvalue weighted by atomic mass is 10.1. The van der Waals surface area contributed by atoms with E-state index in [1.165, 1.54) is 12.1 Å². The summed E-state index contributed by atoms with van der Waals surface area (Å²) in [5.74, 6) is -1.90. The van der Waals surface area contributed by atoms with Crippen molar-refractivity contribution in [2.45, 2.75) is 6.92 Å². The lowest BCUT2D eigenvalue weighted by Gasteiger charge is -2.35. The highest BCUT2D eigenvalue weighted by molar-refractivity contribution is 5.88. The van der Waals surface area contributed by atoms with Crippen LogP contribution in [0, 0.1) is 5.82 Å². The van der Waals surface area contributed by atoms with Gasteiger partial charge in [0.25, 0.3) is 0 Å². The van der Waals surface area contributed by atoms with Crippen LogP contribution in [0.1, 0.15) is 17.3 Å². The number of benzene rings is 1. The Kier molecular flexibility index (Phi) is 3.81. The van der Waals surface area contributed by atoms with Gasteiger partial charge in [-0.1, -0.05) is 6.92 Å². The third-order valence-electron chi connectivity index (χ3n) is 3.37. The maximum atomic E-state index is 13.6. The van der Waals surface area contributed by atoms with Crippen LogP contribution >= 0.6 is 0 Å². The summed E-state index contributed by atoms with van der Waals surface area (Å²) in [5.41, 5.74) is 0.485. The molecular formula is C13H17FN2O2. The van der Waals surface area contributed by atoms with Crippen molar-refractivity contribution in [3.63, 3.8) is 0 Å². The van der Waals surface area contributed by atoms with Crippen molar-refractivity contribution in [3.8, 4) is 0 Å². The van der Waals surface area contributed by atoms with Crippen molar-refractivity contribution >= 4 is 11.7 Å². The quantitative estimate of drug-likeness (QED) is 0.888. The molecule has 0 radical (unpaired) electrons. The Bertz CT molecular complexity index is 443. The van der Waals surface area contributed by atoms with Gasteiger partial charge in [-0.25, -0.2) is 9.18 Å². The number of hydrogen-bond acceptors (Lipinski definition) is 3. The normalized spacial score (nSPS) is 16.9. The van der Waals surface area contributed by atoms with Gasteiger partial charge in [0.05, 0.1) is 5.56 Å². The average Bonchev–Trinajstić information content (AvgIpc) is 2.38. The second kappa shape index (κ2) is 5.35. The predicted molar refractivity (Wildman–Crippen MR) is 67.7 cm³/mol. The monoisotopic (exact) mass is 252 g/mol. The first-order valence-corrected chi connectivity index (χ1v) is 6.12. The molecule has 1 aliphatic rings. The Morgan fingerprint density at radius 3 is 2.50 bits per heavy atom. The van der Waals surface area contributed by atoms with Gasteiger partial charge < -0.3 is 14.9 Å². The molecular weight excluding hydrogens is 235 g/mol. The third-order valence-corrected chi connectivity index (χ3v) is 3.37. The molecule has 4 nitrogen and oxygen atoms in total. The number of carboxylic acid groups (broad SMARTS) is 1. The molecule has 1 saturated heterocycles. The molecule has 1 aromatic rings. The Balaban J connectivity index is 2.11. The van der Waals surface area contributed by atoms with Gasteiger partial charge in [-0.15, -0.1) is 0 Å². The van der Waals surface area contributed by atoms with Crippen LogP contribution in [0.5, 0.6) is 0 Å². The fourth-order valence-electron chi connectivity index (χ4n) is 2.20. The molecule has 1 aliphatic heterocycles. The molecule has 0 unspecified atom stereocenters. The van der Waals surface area contributed by atoms with Gasteiger partial charge in [-0.3, -0.25) is 0 Å². The molecule has 1 aromatic carbocycles. The van der Waals surface area contributed by atoms with E-state index in [0.29, 0.717) is 0 Å². The second-order valence-electron chi connectivity index (χ2n) is 4.39. The molecule has 18 heavy (non-hydrogen) atoms. The molecule has 1 fully saturated rings. The minimum atomic E-state index is -1.23. The number of piperazine rings is 1. The molecule has 0 bridgehead atoms. The Labute approximate surface area is 106 Å². The van der Waals surface area contributed by atoms with Crippen LogP contribution in [0.3, 0.4) is 0 Å². The zero-order chi connectivity index (χ0) is 13.1. The highest BCUT2D eigenvalue weighted by atomic mass is 19.1. The minimum absolute atomic E-state index is 0.272. The first-order valence-electron chi connectivity index (χ1n) is 6.12. The summed E-state index contributed by atoms with van der Waals surface area (Å²) in [6, 6.07) is 4.32. The molecule has 0 atom stereocenters. The van der Waals surface area contributed by atoms with Crippen LogP contribution in [-0.2, 0) is 0 Å². The molecule has 98 valence electrons. The van der Waals surface area contributed by atoms with Gasteiger partial charge in [0.2, 0.25) is 0 Å². The number of aromatic carboxylic acids is 1. The van der Waals surface area contributed by atoms with E-state index in [1.807, 2.05) is 0 Å². The number of hydrogen-bond donors (Lipinski definition) is 1. The van der Waals surface area contributed by atoms with E-state index in [9.17, 15) is 9.18 Å². The van der Waals surface area contributed by atoms with E-state index < -0.39 is 11.8 Å². The van der Waals surface area contributed by atoms with E-state index in [4.69, 9.17) is 5.11 Å². The van der Waals surface area contributed by atoms with Crippen LogP contribution in [0.25, 0.3) is 0 Å². The second-order valence-corrected chi connectivity index (χ2v) is 4.39. The predicted octanol–water partition coefficient (Wildman–Crippen LogP) is 1.67. The number of rotatable bonds is 3. The summed E-state index contributed by atoms with van der Waals surface area (Å²) in [6.07, 6.45) is 0. The van der Waals surface area contributed by atoms with E-state index >= 15 is 0 Å². The van der Waals surface area contributed by atoms with Crippen molar-refractivity contribution in [2.75, 3.05) is 37.6 Å². The molecule has 0 aliphatic carbocycles. The summed E-state index contributed by atoms with van der Waals surface area (Å²) in [5, 5.41) is 8.77. The topological polar surface area (TPSA) is 43.8 Å². The first-order chi connectivity index (χ1) is 8.61. The Morgan fingerprint density at radius 2 is 2.00 bits per heavy atom. The lowest BCUT2D eigenvalue weighted by Crippen LogP contribution is -2.46. The number of carbonyl (C=O) groups is 1. The molecule has 0 aromatic heterocycles. The standard InChI is InChI=1S/C13H17FN2O2/c1-2-15-5-7-16(8-6-15)10-3-4-11(13(17)18)12(14)9-10/h3-4,9H,2,5-8H2,1H3,(H,17,18). The summed E-state index contributed by atoms with van der Waals surface area (Å²) in [6.45, 7) is 6.76. The fraction of sp³-hybridized carbons (Fsp3) is 0.462. The molecule has 1 heterocycles. The molecule has 0 saturated carbocycles. The number of carboxylic acids is 1. The van der Waals surface area contributed by atoms with E-state index in [-0.39, 0.29) is 5.56 Å². The van der Waals surface area contributed by atoms with E-state index in [1.54, 1.807) is 6.07 Å². The highest BCUT2D eigenvalue weighted by Crippen LogP contribution is 2.20. The van der Waals surface area contributed by atoms with E-state index in [2.05, 4.69) is 16.7 Å². The number of anilines is 1. The number of likely N-dealkylation sites (N-methyl/N-ethyl adjacent to an activating group) is 1. The van der Waals surface area contributed by atoms with Crippen LogP contribution in [0.15, 0.2) is 18.2 Å².